The van der Waals surface area contributed by atoms with E-state index in [-0.39, 0.29) is 0 Å². The number of aromatic nitrogens is 2. The minimum Gasteiger partial charge on any atom is -0.309 e. The summed E-state index contributed by atoms with van der Waals surface area (Å²) in [5.41, 5.74) is 19.2. The summed E-state index contributed by atoms with van der Waals surface area (Å²) in [4.78, 5) is 0. The highest BCUT2D eigenvalue weighted by Gasteiger charge is 2.19. The van der Waals surface area contributed by atoms with E-state index in [0.29, 0.717) is 0 Å². The second kappa shape index (κ2) is 14.8. The largest absolute Gasteiger partial charge is 0.309 e. The minimum atomic E-state index is 1.17. The van der Waals surface area contributed by atoms with E-state index in [9.17, 15) is 0 Å². The lowest BCUT2D eigenvalue weighted by atomic mass is 9.99. The maximum atomic E-state index is 2.44. The van der Waals surface area contributed by atoms with Gasteiger partial charge in [-0.1, -0.05) is 194 Å². The molecule has 0 N–H and O–H groups in total. The summed E-state index contributed by atoms with van der Waals surface area (Å²) in [6.07, 6.45) is 0. The molecule has 0 amide bonds. The highest BCUT2D eigenvalue weighted by Crippen LogP contribution is 2.41. The van der Waals surface area contributed by atoms with Crippen molar-refractivity contribution in [2.24, 2.45) is 0 Å². The molecule has 2 heteroatoms. The van der Waals surface area contributed by atoms with Crippen molar-refractivity contribution < 1.29 is 0 Å². The third kappa shape index (κ3) is 5.96. The molecule has 0 radical (unpaired) electrons. The average molecular weight is 789 g/mol. The molecule has 0 aliphatic heterocycles. The summed E-state index contributed by atoms with van der Waals surface area (Å²) in [7, 11) is 0. The first-order valence-corrected chi connectivity index (χ1v) is 21.3. The Morgan fingerprint density at radius 2 is 0.500 bits per heavy atom. The standard InChI is InChI=1S/C60H40N2/c1-3-15-41(16-4-1)43-27-31-45(32-28-43)49-19-7-11-23-55(49)61-57-25-13-9-21-51(57)53-39-47(35-37-59(53)61)48-36-38-60-54(40-48)52-22-10-14-26-58(52)62(60)56-24-12-8-20-50(56)46-33-29-44(30-34-46)42-17-5-2-6-18-42/h1-40H. The molecule has 0 spiro atoms. The predicted octanol–water partition coefficient (Wildman–Crippen LogP) is 16.2. The van der Waals surface area contributed by atoms with E-state index in [4.69, 9.17) is 0 Å². The highest BCUT2D eigenvalue weighted by atomic mass is 15.0. The molecule has 12 rings (SSSR count). The molecule has 0 atom stereocenters. The zero-order valence-corrected chi connectivity index (χ0v) is 34.0. The van der Waals surface area contributed by atoms with Crippen molar-refractivity contribution in [1.82, 2.24) is 9.13 Å². The summed E-state index contributed by atoms with van der Waals surface area (Å²) >= 11 is 0. The zero-order valence-electron chi connectivity index (χ0n) is 34.0. The third-order valence-electron chi connectivity index (χ3n) is 12.6. The summed E-state index contributed by atoms with van der Waals surface area (Å²) in [5.74, 6) is 0. The van der Waals surface area contributed by atoms with E-state index in [1.807, 2.05) is 0 Å². The monoisotopic (exact) mass is 788 g/mol. The van der Waals surface area contributed by atoms with Crippen molar-refractivity contribution in [1.29, 1.82) is 0 Å². The van der Waals surface area contributed by atoms with Crippen LogP contribution in [0.4, 0.5) is 0 Å². The molecule has 2 heterocycles. The smallest absolute Gasteiger partial charge is 0.0541 e. The average Bonchev–Trinajstić information content (AvgIpc) is 3.87. The van der Waals surface area contributed by atoms with Gasteiger partial charge in [-0.05, 0) is 93.0 Å². The van der Waals surface area contributed by atoms with Crippen LogP contribution in [0.5, 0.6) is 0 Å². The van der Waals surface area contributed by atoms with E-state index in [0.717, 1.165) is 0 Å². The van der Waals surface area contributed by atoms with Gasteiger partial charge in [0.05, 0.1) is 33.4 Å². The van der Waals surface area contributed by atoms with Gasteiger partial charge in [0.25, 0.3) is 0 Å². The summed E-state index contributed by atoms with van der Waals surface area (Å²) in [5, 5.41) is 4.96. The molecule has 0 saturated heterocycles. The molecule has 2 nitrogen and oxygen atoms in total. The molecule has 290 valence electrons. The van der Waals surface area contributed by atoms with Crippen LogP contribution in [0.1, 0.15) is 0 Å². The van der Waals surface area contributed by atoms with E-state index in [2.05, 4.69) is 252 Å². The van der Waals surface area contributed by atoms with Gasteiger partial charge in [0.1, 0.15) is 0 Å². The van der Waals surface area contributed by atoms with Gasteiger partial charge in [0.15, 0.2) is 0 Å². The Hall–Kier alpha value is -8.20. The summed E-state index contributed by atoms with van der Waals surface area (Å²) in [6, 6.07) is 88.3. The van der Waals surface area contributed by atoms with Crippen LogP contribution >= 0.6 is 0 Å². The Labute approximate surface area is 360 Å². The van der Waals surface area contributed by atoms with Gasteiger partial charge < -0.3 is 9.13 Å². The predicted molar refractivity (Wildman–Crippen MR) is 262 cm³/mol. The molecule has 10 aromatic carbocycles. The van der Waals surface area contributed by atoms with Crippen molar-refractivity contribution in [3.05, 3.63) is 243 Å². The molecule has 62 heavy (non-hydrogen) atoms. The lowest BCUT2D eigenvalue weighted by Gasteiger charge is -2.15. The fourth-order valence-electron chi connectivity index (χ4n) is 9.60. The zero-order chi connectivity index (χ0) is 41.0. The first-order valence-electron chi connectivity index (χ1n) is 21.3. The van der Waals surface area contributed by atoms with Crippen molar-refractivity contribution in [2.75, 3.05) is 0 Å². The molecule has 12 aromatic rings. The van der Waals surface area contributed by atoms with Crippen LogP contribution in [-0.2, 0) is 0 Å². The fraction of sp³-hybridized carbons (Fsp3) is 0. The topological polar surface area (TPSA) is 9.86 Å². The van der Waals surface area contributed by atoms with Crippen LogP contribution in [0.3, 0.4) is 0 Å². The van der Waals surface area contributed by atoms with Crippen LogP contribution in [0, 0.1) is 0 Å². The van der Waals surface area contributed by atoms with Gasteiger partial charge >= 0.3 is 0 Å². The number of fused-ring (bicyclic) bond motifs is 6. The quantitative estimate of drug-likeness (QED) is 0.152. The molecular weight excluding hydrogens is 749 g/mol. The van der Waals surface area contributed by atoms with Crippen molar-refractivity contribution >= 4 is 43.6 Å². The van der Waals surface area contributed by atoms with E-state index in [1.165, 1.54) is 111 Å². The Bertz CT molecular complexity index is 3350. The van der Waals surface area contributed by atoms with Gasteiger partial charge in [-0.25, -0.2) is 0 Å². The first-order chi connectivity index (χ1) is 30.8. The second-order valence-electron chi connectivity index (χ2n) is 16.1. The van der Waals surface area contributed by atoms with Gasteiger partial charge in [0, 0.05) is 32.7 Å². The first kappa shape index (κ1) is 35.7. The minimum absolute atomic E-state index is 1.17. The molecular formula is C60H40N2. The van der Waals surface area contributed by atoms with Gasteiger partial charge in [-0.2, -0.15) is 0 Å². The van der Waals surface area contributed by atoms with Crippen molar-refractivity contribution in [3.8, 4) is 67.0 Å². The van der Waals surface area contributed by atoms with Crippen LogP contribution < -0.4 is 0 Å². The number of hydrogen-bond donors (Lipinski definition) is 0. The van der Waals surface area contributed by atoms with Gasteiger partial charge in [-0.3, -0.25) is 0 Å². The van der Waals surface area contributed by atoms with Gasteiger partial charge in [0.2, 0.25) is 0 Å². The van der Waals surface area contributed by atoms with Crippen molar-refractivity contribution in [3.63, 3.8) is 0 Å². The molecule has 0 fully saturated rings. The van der Waals surface area contributed by atoms with Crippen LogP contribution in [0.2, 0.25) is 0 Å². The Balaban J connectivity index is 0.962. The molecule has 0 saturated carbocycles. The third-order valence-corrected chi connectivity index (χ3v) is 12.6. The number of nitrogens with zero attached hydrogens (tertiary/aromatic N) is 2. The summed E-state index contributed by atoms with van der Waals surface area (Å²) in [6.45, 7) is 0. The number of hydrogen-bond acceptors (Lipinski definition) is 0. The van der Waals surface area contributed by atoms with E-state index < -0.39 is 0 Å². The van der Waals surface area contributed by atoms with E-state index in [1.54, 1.807) is 0 Å². The van der Waals surface area contributed by atoms with Gasteiger partial charge in [-0.15, -0.1) is 0 Å². The lowest BCUT2D eigenvalue weighted by Crippen LogP contribution is -1.97. The molecule has 0 aliphatic rings. The normalized spacial score (nSPS) is 11.5. The van der Waals surface area contributed by atoms with Crippen LogP contribution in [-0.4, -0.2) is 9.13 Å². The maximum Gasteiger partial charge on any atom is 0.0541 e. The SMILES string of the molecule is c1ccc(-c2ccc(-c3ccccc3-n3c4ccccc4c4cc(-c5ccc6c(c5)c5ccccc5n6-c5ccccc5-c5ccc(-c6ccccc6)cc5)ccc43)cc2)cc1. The molecule has 0 unspecified atom stereocenters. The molecule has 2 aromatic heterocycles. The Morgan fingerprint density at radius 1 is 0.194 bits per heavy atom. The summed E-state index contributed by atoms with van der Waals surface area (Å²) < 4.78 is 4.89. The van der Waals surface area contributed by atoms with E-state index >= 15 is 0 Å². The van der Waals surface area contributed by atoms with Crippen LogP contribution in [0.15, 0.2) is 243 Å². The number of para-hydroxylation sites is 4. The molecule has 0 aliphatic carbocycles. The fourth-order valence-corrected chi connectivity index (χ4v) is 9.60. The second-order valence-corrected chi connectivity index (χ2v) is 16.1. The van der Waals surface area contributed by atoms with Crippen LogP contribution in [0.25, 0.3) is 111 Å². The van der Waals surface area contributed by atoms with Crippen molar-refractivity contribution in [2.45, 2.75) is 0 Å². The number of rotatable bonds is 7. The Kier molecular flexibility index (Phi) is 8.53. The molecule has 0 bridgehead atoms. The maximum absolute atomic E-state index is 2.44. The highest BCUT2D eigenvalue weighted by molar-refractivity contribution is 6.13. The Morgan fingerprint density at radius 3 is 0.935 bits per heavy atom. The number of benzene rings is 10. The lowest BCUT2D eigenvalue weighted by molar-refractivity contribution is 1.18.